The molecule has 12 heavy (non-hydrogen) atoms. The van der Waals surface area contributed by atoms with Crippen molar-refractivity contribution < 1.29 is 5.11 Å². The molecule has 1 aliphatic carbocycles. The third-order valence-electron chi connectivity index (χ3n) is 3.15. The number of hydrogen-bond donors (Lipinski definition) is 2. The molecule has 0 bridgehead atoms. The van der Waals surface area contributed by atoms with Crippen molar-refractivity contribution in [3.63, 3.8) is 0 Å². The normalized spacial score (nSPS) is 39.5. The molecule has 0 atom stereocenters. The average Bonchev–Trinajstić information content (AvgIpc) is 2.01. The maximum absolute atomic E-state index is 9.13. The standard InChI is InChI=1S/C9H18N2O/c10-7-1-3-8(4-2-7)11-5-9(12)6-11/h7-9,12H,1-6,10H2/t7-,8-. The van der Waals surface area contributed by atoms with Gasteiger partial charge in [-0.15, -0.1) is 0 Å². The molecule has 0 aromatic carbocycles. The molecule has 2 aliphatic rings. The molecule has 2 fully saturated rings. The van der Waals surface area contributed by atoms with E-state index in [0.717, 1.165) is 25.9 Å². The minimum Gasteiger partial charge on any atom is -0.390 e. The van der Waals surface area contributed by atoms with Gasteiger partial charge in [0.05, 0.1) is 6.10 Å². The van der Waals surface area contributed by atoms with E-state index < -0.39 is 0 Å². The van der Waals surface area contributed by atoms with Crippen molar-refractivity contribution in [1.82, 2.24) is 4.90 Å². The van der Waals surface area contributed by atoms with E-state index in [-0.39, 0.29) is 6.10 Å². The first-order chi connectivity index (χ1) is 5.75. The molecule has 1 saturated heterocycles. The van der Waals surface area contributed by atoms with E-state index in [1.165, 1.54) is 12.8 Å². The molecule has 3 nitrogen and oxygen atoms in total. The Morgan fingerprint density at radius 1 is 1.08 bits per heavy atom. The van der Waals surface area contributed by atoms with E-state index in [1.54, 1.807) is 0 Å². The van der Waals surface area contributed by atoms with Crippen LogP contribution in [0.1, 0.15) is 25.7 Å². The minimum atomic E-state index is -0.0550. The monoisotopic (exact) mass is 170 g/mol. The van der Waals surface area contributed by atoms with Gasteiger partial charge in [0.25, 0.3) is 0 Å². The summed E-state index contributed by atoms with van der Waals surface area (Å²) in [6.45, 7) is 1.78. The average molecular weight is 170 g/mol. The zero-order chi connectivity index (χ0) is 8.55. The minimum absolute atomic E-state index is 0.0550. The molecular formula is C9H18N2O. The molecule has 3 N–H and O–H groups in total. The van der Waals surface area contributed by atoms with Crippen molar-refractivity contribution in [1.29, 1.82) is 0 Å². The Kier molecular flexibility index (Phi) is 2.35. The van der Waals surface area contributed by atoms with Crippen LogP contribution in [-0.4, -0.2) is 41.3 Å². The summed E-state index contributed by atoms with van der Waals surface area (Å²) in [7, 11) is 0. The van der Waals surface area contributed by atoms with Crippen LogP contribution in [0.4, 0.5) is 0 Å². The lowest BCUT2D eigenvalue weighted by atomic mass is 9.89. The Labute approximate surface area is 73.5 Å². The lowest BCUT2D eigenvalue weighted by Crippen LogP contribution is -2.56. The molecule has 1 heterocycles. The van der Waals surface area contributed by atoms with Crippen LogP contribution in [0.15, 0.2) is 0 Å². The summed E-state index contributed by atoms with van der Waals surface area (Å²) in [5.74, 6) is 0. The Hall–Kier alpha value is -0.120. The fourth-order valence-electron chi connectivity index (χ4n) is 2.25. The van der Waals surface area contributed by atoms with Crippen molar-refractivity contribution >= 4 is 0 Å². The Bertz CT molecular complexity index is 149. The Balaban J connectivity index is 1.75. The van der Waals surface area contributed by atoms with E-state index in [4.69, 9.17) is 10.8 Å². The first kappa shape index (κ1) is 8.48. The quantitative estimate of drug-likeness (QED) is 0.579. The van der Waals surface area contributed by atoms with Gasteiger partial charge in [-0.2, -0.15) is 0 Å². The molecule has 70 valence electrons. The summed E-state index contributed by atoms with van der Waals surface area (Å²) in [4.78, 5) is 2.39. The number of aliphatic hydroxyl groups is 1. The zero-order valence-electron chi connectivity index (χ0n) is 7.45. The maximum Gasteiger partial charge on any atom is 0.0794 e. The molecular weight excluding hydrogens is 152 g/mol. The summed E-state index contributed by atoms with van der Waals surface area (Å²) < 4.78 is 0. The van der Waals surface area contributed by atoms with Gasteiger partial charge < -0.3 is 10.8 Å². The highest BCUT2D eigenvalue weighted by molar-refractivity contribution is 4.88. The van der Waals surface area contributed by atoms with Crippen LogP contribution in [0.25, 0.3) is 0 Å². The molecule has 0 aromatic rings. The second kappa shape index (κ2) is 3.32. The van der Waals surface area contributed by atoms with Crippen molar-refractivity contribution in [3.8, 4) is 0 Å². The lowest BCUT2D eigenvalue weighted by Gasteiger charge is -2.44. The van der Waals surface area contributed by atoms with Crippen LogP contribution in [-0.2, 0) is 0 Å². The number of aliphatic hydroxyl groups excluding tert-OH is 1. The second-order valence-corrected chi connectivity index (χ2v) is 4.18. The highest BCUT2D eigenvalue weighted by Gasteiger charge is 2.32. The number of hydrogen-bond acceptors (Lipinski definition) is 3. The zero-order valence-corrected chi connectivity index (χ0v) is 7.45. The summed E-state index contributed by atoms with van der Waals surface area (Å²) in [6, 6.07) is 1.15. The number of nitrogens with zero attached hydrogens (tertiary/aromatic N) is 1. The van der Waals surface area contributed by atoms with Crippen LogP contribution in [0.5, 0.6) is 0 Å². The molecule has 0 aromatic heterocycles. The maximum atomic E-state index is 9.13. The summed E-state index contributed by atoms with van der Waals surface area (Å²) in [5.41, 5.74) is 5.82. The van der Waals surface area contributed by atoms with Gasteiger partial charge in [-0.3, -0.25) is 4.90 Å². The summed E-state index contributed by atoms with van der Waals surface area (Å²) in [6.07, 6.45) is 4.73. The van der Waals surface area contributed by atoms with E-state index in [9.17, 15) is 0 Å². The molecule has 1 aliphatic heterocycles. The van der Waals surface area contributed by atoms with Gasteiger partial charge in [0.1, 0.15) is 0 Å². The predicted octanol–water partition coefficient (Wildman–Crippen LogP) is -0.0672. The highest BCUT2D eigenvalue weighted by Crippen LogP contribution is 2.25. The SMILES string of the molecule is N[C@H]1CC[C@H](N2CC(O)C2)CC1. The van der Waals surface area contributed by atoms with Gasteiger partial charge in [0.15, 0.2) is 0 Å². The number of rotatable bonds is 1. The third-order valence-corrected chi connectivity index (χ3v) is 3.15. The largest absolute Gasteiger partial charge is 0.390 e. The smallest absolute Gasteiger partial charge is 0.0794 e. The first-order valence-electron chi connectivity index (χ1n) is 4.93. The molecule has 0 unspecified atom stereocenters. The number of nitrogens with two attached hydrogens (primary N) is 1. The lowest BCUT2D eigenvalue weighted by molar-refractivity contribution is -0.0341. The summed E-state index contributed by atoms with van der Waals surface area (Å²) >= 11 is 0. The van der Waals surface area contributed by atoms with E-state index in [0.29, 0.717) is 12.1 Å². The van der Waals surface area contributed by atoms with Crippen molar-refractivity contribution in [2.75, 3.05) is 13.1 Å². The van der Waals surface area contributed by atoms with Crippen LogP contribution >= 0.6 is 0 Å². The van der Waals surface area contributed by atoms with E-state index in [2.05, 4.69) is 4.90 Å². The second-order valence-electron chi connectivity index (χ2n) is 4.18. The topological polar surface area (TPSA) is 49.5 Å². The molecule has 2 rings (SSSR count). The van der Waals surface area contributed by atoms with Crippen LogP contribution < -0.4 is 5.73 Å². The van der Waals surface area contributed by atoms with Gasteiger partial charge in [-0.25, -0.2) is 0 Å². The fraction of sp³-hybridized carbons (Fsp3) is 1.00. The Morgan fingerprint density at radius 3 is 2.17 bits per heavy atom. The van der Waals surface area contributed by atoms with Crippen molar-refractivity contribution in [2.24, 2.45) is 5.73 Å². The van der Waals surface area contributed by atoms with Crippen LogP contribution in [0.2, 0.25) is 0 Å². The third kappa shape index (κ3) is 1.63. The molecule has 3 heteroatoms. The fourth-order valence-corrected chi connectivity index (χ4v) is 2.25. The highest BCUT2D eigenvalue weighted by atomic mass is 16.3. The van der Waals surface area contributed by atoms with Crippen LogP contribution in [0, 0.1) is 0 Å². The van der Waals surface area contributed by atoms with Gasteiger partial charge in [-0.1, -0.05) is 0 Å². The summed E-state index contributed by atoms with van der Waals surface area (Å²) in [5, 5.41) is 9.13. The van der Waals surface area contributed by atoms with Gasteiger partial charge in [-0.05, 0) is 25.7 Å². The first-order valence-corrected chi connectivity index (χ1v) is 4.93. The van der Waals surface area contributed by atoms with Crippen LogP contribution in [0.3, 0.4) is 0 Å². The molecule has 0 amide bonds. The van der Waals surface area contributed by atoms with Crippen molar-refractivity contribution in [3.05, 3.63) is 0 Å². The number of β-amino-alcohol motifs (C(OH)–C–C–N with tert-alkyl or cyclic N) is 1. The van der Waals surface area contributed by atoms with Gasteiger partial charge >= 0.3 is 0 Å². The Morgan fingerprint density at radius 2 is 1.67 bits per heavy atom. The predicted molar refractivity (Wildman–Crippen MR) is 47.8 cm³/mol. The van der Waals surface area contributed by atoms with E-state index in [1.807, 2.05) is 0 Å². The number of likely N-dealkylation sites (tertiary alicyclic amines) is 1. The molecule has 0 spiro atoms. The van der Waals surface area contributed by atoms with Gasteiger partial charge in [0, 0.05) is 25.2 Å². The van der Waals surface area contributed by atoms with E-state index >= 15 is 0 Å². The molecule has 1 saturated carbocycles. The van der Waals surface area contributed by atoms with Gasteiger partial charge in [0.2, 0.25) is 0 Å². The van der Waals surface area contributed by atoms with Crippen molar-refractivity contribution in [2.45, 2.75) is 43.9 Å². The molecule has 0 radical (unpaired) electrons.